The minimum absolute atomic E-state index is 0.110. The van der Waals surface area contributed by atoms with Crippen molar-refractivity contribution in [1.29, 1.82) is 0 Å². The molecule has 0 aliphatic heterocycles. The van der Waals surface area contributed by atoms with Crippen molar-refractivity contribution in [1.82, 2.24) is 0 Å². The SMILES string of the molecule is CCCC(CN)(Cc1ccc(F)c(F)c1)C(=O)OCC. The first kappa shape index (κ1) is 16.6. The third-order valence-electron chi connectivity index (χ3n) is 3.35. The van der Waals surface area contributed by atoms with E-state index in [4.69, 9.17) is 10.5 Å². The van der Waals surface area contributed by atoms with Crippen LogP contribution < -0.4 is 5.73 Å². The number of carbonyl (C=O) groups is 1. The molecule has 1 rings (SSSR count). The van der Waals surface area contributed by atoms with Crippen molar-refractivity contribution >= 4 is 5.97 Å². The Kier molecular flexibility index (Phi) is 6.07. The standard InChI is InChI=1S/C15H21F2NO2/c1-3-7-15(10-18,14(19)20-4-2)9-11-5-6-12(16)13(17)8-11/h5-6,8H,3-4,7,9-10,18H2,1-2H3. The molecular weight excluding hydrogens is 264 g/mol. The van der Waals surface area contributed by atoms with Crippen LogP contribution in [0.15, 0.2) is 18.2 Å². The zero-order chi connectivity index (χ0) is 15.2. The van der Waals surface area contributed by atoms with E-state index in [-0.39, 0.29) is 25.5 Å². The number of carbonyl (C=O) groups excluding carboxylic acids is 1. The fourth-order valence-electron chi connectivity index (χ4n) is 2.32. The van der Waals surface area contributed by atoms with Gasteiger partial charge in [0.25, 0.3) is 0 Å². The van der Waals surface area contributed by atoms with Gasteiger partial charge in [-0.15, -0.1) is 0 Å². The van der Waals surface area contributed by atoms with Crippen LogP contribution in [-0.2, 0) is 16.0 Å². The molecule has 5 heteroatoms. The predicted molar refractivity (Wildman–Crippen MR) is 73.1 cm³/mol. The Morgan fingerprint density at radius 2 is 2.00 bits per heavy atom. The number of nitrogens with two attached hydrogens (primary N) is 1. The van der Waals surface area contributed by atoms with Gasteiger partial charge in [-0.2, -0.15) is 0 Å². The van der Waals surface area contributed by atoms with E-state index >= 15 is 0 Å². The second kappa shape index (κ2) is 7.33. The quantitative estimate of drug-likeness (QED) is 0.784. The first-order chi connectivity index (χ1) is 9.49. The Morgan fingerprint density at radius 1 is 1.30 bits per heavy atom. The summed E-state index contributed by atoms with van der Waals surface area (Å²) in [5, 5.41) is 0. The highest BCUT2D eigenvalue weighted by atomic mass is 19.2. The van der Waals surface area contributed by atoms with E-state index in [1.807, 2.05) is 6.92 Å². The monoisotopic (exact) mass is 285 g/mol. The van der Waals surface area contributed by atoms with Crippen LogP contribution in [0, 0.1) is 17.0 Å². The molecular formula is C15H21F2NO2. The summed E-state index contributed by atoms with van der Waals surface area (Å²) in [6.45, 7) is 4.04. The zero-order valence-electron chi connectivity index (χ0n) is 11.9. The van der Waals surface area contributed by atoms with Crippen molar-refractivity contribution in [2.45, 2.75) is 33.1 Å². The third kappa shape index (κ3) is 3.76. The third-order valence-corrected chi connectivity index (χ3v) is 3.35. The van der Waals surface area contributed by atoms with E-state index in [0.29, 0.717) is 12.0 Å². The van der Waals surface area contributed by atoms with Crippen LogP contribution in [0.5, 0.6) is 0 Å². The summed E-state index contributed by atoms with van der Waals surface area (Å²) in [6, 6.07) is 3.63. The van der Waals surface area contributed by atoms with Gasteiger partial charge in [0, 0.05) is 6.54 Å². The van der Waals surface area contributed by atoms with Crippen LogP contribution in [0.4, 0.5) is 8.78 Å². The van der Waals surface area contributed by atoms with Gasteiger partial charge in [-0.1, -0.05) is 19.4 Å². The molecule has 0 fully saturated rings. The summed E-state index contributed by atoms with van der Waals surface area (Å²) in [6.07, 6.45) is 1.54. The maximum Gasteiger partial charge on any atom is 0.313 e. The van der Waals surface area contributed by atoms with E-state index in [1.165, 1.54) is 6.07 Å². The summed E-state index contributed by atoms with van der Waals surface area (Å²) in [7, 11) is 0. The van der Waals surface area contributed by atoms with Gasteiger partial charge in [0.2, 0.25) is 0 Å². The van der Waals surface area contributed by atoms with Crippen molar-refractivity contribution in [3.05, 3.63) is 35.4 Å². The lowest BCUT2D eigenvalue weighted by Gasteiger charge is -2.30. The number of benzene rings is 1. The van der Waals surface area contributed by atoms with E-state index in [2.05, 4.69) is 0 Å². The molecule has 0 aromatic heterocycles. The molecule has 0 aliphatic rings. The summed E-state index contributed by atoms with van der Waals surface area (Å²) < 4.78 is 31.3. The molecule has 3 nitrogen and oxygen atoms in total. The predicted octanol–water partition coefficient (Wildman–Crippen LogP) is 2.82. The summed E-state index contributed by atoms with van der Waals surface area (Å²) in [4.78, 5) is 12.2. The first-order valence-corrected chi connectivity index (χ1v) is 6.80. The second-order valence-corrected chi connectivity index (χ2v) is 4.88. The first-order valence-electron chi connectivity index (χ1n) is 6.80. The Balaban J connectivity index is 3.04. The Bertz CT molecular complexity index is 465. The van der Waals surface area contributed by atoms with Gasteiger partial charge in [-0.3, -0.25) is 4.79 Å². The number of hydrogen-bond donors (Lipinski definition) is 1. The van der Waals surface area contributed by atoms with Crippen molar-refractivity contribution in [2.24, 2.45) is 11.1 Å². The molecule has 1 atom stereocenters. The molecule has 0 amide bonds. The number of esters is 1. The highest BCUT2D eigenvalue weighted by Gasteiger charge is 2.38. The average molecular weight is 285 g/mol. The highest BCUT2D eigenvalue weighted by Crippen LogP contribution is 2.30. The lowest BCUT2D eigenvalue weighted by atomic mass is 9.78. The van der Waals surface area contributed by atoms with Gasteiger partial charge >= 0.3 is 5.97 Å². The minimum atomic E-state index is -0.922. The summed E-state index contributed by atoms with van der Waals surface area (Å²) in [5.74, 6) is -2.21. The second-order valence-electron chi connectivity index (χ2n) is 4.88. The molecule has 0 aliphatic carbocycles. The molecule has 2 N–H and O–H groups in total. The van der Waals surface area contributed by atoms with Crippen molar-refractivity contribution in [3.63, 3.8) is 0 Å². The number of rotatable bonds is 7. The van der Waals surface area contributed by atoms with Gasteiger partial charge in [0.15, 0.2) is 11.6 Å². The molecule has 0 heterocycles. The lowest BCUT2D eigenvalue weighted by Crippen LogP contribution is -2.42. The largest absolute Gasteiger partial charge is 0.466 e. The fourth-order valence-corrected chi connectivity index (χ4v) is 2.32. The van der Waals surface area contributed by atoms with Crippen LogP contribution in [0.25, 0.3) is 0 Å². The Labute approximate surface area is 118 Å². The van der Waals surface area contributed by atoms with Crippen LogP contribution in [-0.4, -0.2) is 19.1 Å². The van der Waals surface area contributed by atoms with Crippen molar-refractivity contribution < 1.29 is 18.3 Å². The van der Waals surface area contributed by atoms with Crippen molar-refractivity contribution in [3.8, 4) is 0 Å². The Hall–Kier alpha value is -1.49. The Morgan fingerprint density at radius 3 is 2.50 bits per heavy atom. The zero-order valence-corrected chi connectivity index (χ0v) is 11.9. The maximum absolute atomic E-state index is 13.3. The topological polar surface area (TPSA) is 52.3 Å². The van der Waals surface area contributed by atoms with E-state index in [9.17, 15) is 13.6 Å². The van der Waals surface area contributed by atoms with Gasteiger partial charge < -0.3 is 10.5 Å². The number of hydrogen-bond acceptors (Lipinski definition) is 3. The van der Waals surface area contributed by atoms with Crippen LogP contribution in [0.1, 0.15) is 32.3 Å². The molecule has 1 aromatic rings. The average Bonchev–Trinajstić information content (AvgIpc) is 2.42. The highest BCUT2D eigenvalue weighted by molar-refractivity contribution is 5.77. The van der Waals surface area contributed by atoms with Crippen LogP contribution in [0.2, 0.25) is 0 Å². The fraction of sp³-hybridized carbons (Fsp3) is 0.533. The number of ether oxygens (including phenoxy) is 1. The smallest absolute Gasteiger partial charge is 0.313 e. The minimum Gasteiger partial charge on any atom is -0.466 e. The molecule has 0 radical (unpaired) electrons. The normalized spacial score (nSPS) is 13.8. The van der Waals surface area contributed by atoms with Crippen LogP contribution >= 0.6 is 0 Å². The van der Waals surface area contributed by atoms with Gasteiger partial charge in [-0.05, 0) is 37.5 Å². The molecule has 0 saturated heterocycles. The van der Waals surface area contributed by atoms with Crippen LogP contribution in [0.3, 0.4) is 0 Å². The van der Waals surface area contributed by atoms with E-state index in [1.54, 1.807) is 6.92 Å². The van der Waals surface area contributed by atoms with Crippen molar-refractivity contribution in [2.75, 3.05) is 13.2 Å². The summed E-state index contributed by atoms with van der Waals surface area (Å²) >= 11 is 0. The molecule has 0 spiro atoms. The number of halogens is 2. The van der Waals surface area contributed by atoms with Gasteiger partial charge in [0.05, 0.1) is 12.0 Å². The van der Waals surface area contributed by atoms with Gasteiger partial charge in [0.1, 0.15) is 0 Å². The molecule has 112 valence electrons. The van der Waals surface area contributed by atoms with Gasteiger partial charge in [-0.25, -0.2) is 8.78 Å². The molecule has 1 unspecified atom stereocenters. The molecule has 0 bridgehead atoms. The van der Waals surface area contributed by atoms with E-state index < -0.39 is 17.0 Å². The lowest BCUT2D eigenvalue weighted by molar-refractivity contribution is -0.155. The van der Waals surface area contributed by atoms with E-state index in [0.717, 1.165) is 18.6 Å². The molecule has 1 aromatic carbocycles. The molecule has 20 heavy (non-hydrogen) atoms. The maximum atomic E-state index is 13.3. The molecule has 0 saturated carbocycles. The summed E-state index contributed by atoms with van der Waals surface area (Å²) in [5.41, 5.74) is 5.43.